The molecule has 0 spiro atoms. The van der Waals surface area contributed by atoms with Crippen LogP contribution in [0.1, 0.15) is 32.6 Å². The summed E-state index contributed by atoms with van der Waals surface area (Å²) in [5, 5.41) is 22.9. The highest BCUT2D eigenvalue weighted by atomic mass is 16.7. The van der Waals surface area contributed by atoms with Gasteiger partial charge < -0.3 is 14.4 Å². The third-order valence-electron chi connectivity index (χ3n) is 3.68. The highest BCUT2D eigenvalue weighted by Crippen LogP contribution is 2.41. The van der Waals surface area contributed by atoms with Crippen LogP contribution in [0.3, 0.4) is 0 Å². The largest absolute Gasteiger partial charge is 0.361 e. The molecule has 9 nitrogen and oxygen atoms in total. The number of hydrogen-bond donors (Lipinski definition) is 0. The zero-order valence-electron chi connectivity index (χ0n) is 13.2. The van der Waals surface area contributed by atoms with Crippen molar-refractivity contribution in [3.63, 3.8) is 0 Å². The monoisotopic (exact) mass is 325 g/mol. The summed E-state index contributed by atoms with van der Waals surface area (Å²) in [6.07, 6.45) is -0.992. The van der Waals surface area contributed by atoms with E-state index in [9.17, 15) is 20.2 Å². The number of anilines is 1. The molecule has 23 heavy (non-hydrogen) atoms. The SMILES string of the molecule is CCN(CC)c1c([N+](=O)[O-])cc(C2OCC(C)O2)cc1[N+](=O)[O-]. The fraction of sp³-hybridized carbons (Fsp3) is 0.571. The van der Waals surface area contributed by atoms with E-state index in [4.69, 9.17) is 9.47 Å². The van der Waals surface area contributed by atoms with Crippen LogP contribution in [-0.2, 0) is 9.47 Å². The Kier molecular flexibility index (Phi) is 5.12. The van der Waals surface area contributed by atoms with Crippen LogP contribution >= 0.6 is 0 Å². The molecule has 2 atom stereocenters. The van der Waals surface area contributed by atoms with Crippen molar-refractivity contribution in [2.24, 2.45) is 0 Å². The van der Waals surface area contributed by atoms with Crippen LogP contribution in [0.25, 0.3) is 0 Å². The van der Waals surface area contributed by atoms with Gasteiger partial charge in [-0.2, -0.15) is 0 Å². The Labute approximate surface area is 133 Å². The molecular formula is C14H19N3O6. The molecule has 0 amide bonds. The van der Waals surface area contributed by atoms with E-state index in [1.807, 2.05) is 0 Å². The molecule has 0 saturated carbocycles. The number of ether oxygens (including phenoxy) is 2. The predicted octanol–water partition coefficient (Wildman–Crippen LogP) is 2.78. The zero-order valence-corrected chi connectivity index (χ0v) is 13.2. The molecule has 1 heterocycles. The van der Waals surface area contributed by atoms with Gasteiger partial charge in [0.25, 0.3) is 11.4 Å². The second-order valence-electron chi connectivity index (χ2n) is 5.21. The van der Waals surface area contributed by atoms with Gasteiger partial charge in [-0.15, -0.1) is 0 Å². The van der Waals surface area contributed by atoms with Gasteiger partial charge in [-0.1, -0.05) is 0 Å². The van der Waals surface area contributed by atoms with Crippen molar-refractivity contribution in [1.29, 1.82) is 0 Å². The Morgan fingerprint density at radius 1 is 1.17 bits per heavy atom. The lowest BCUT2D eigenvalue weighted by atomic mass is 10.1. The van der Waals surface area contributed by atoms with E-state index in [2.05, 4.69) is 0 Å². The fourth-order valence-electron chi connectivity index (χ4n) is 2.59. The Balaban J connectivity index is 2.61. The number of rotatable bonds is 6. The maximum Gasteiger partial charge on any atom is 0.300 e. The second-order valence-corrected chi connectivity index (χ2v) is 5.21. The van der Waals surface area contributed by atoms with Gasteiger partial charge in [0.2, 0.25) is 0 Å². The summed E-state index contributed by atoms with van der Waals surface area (Å²) in [6, 6.07) is 2.59. The van der Waals surface area contributed by atoms with Gasteiger partial charge in [0, 0.05) is 30.8 Å². The fourth-order valence-corrected chi connectivity index (χ4v) is 2.59. The topological polar surface area (TPSA) is 108 Å². The molecule has 1 saturated heterocycles. The van der Waals surface area contributed by atoms with Crippen LogP contribution in [0.5, 0.6) is 0 Å². The molecule has 1 aliphatic heterocycles. The molecular weight excluding hydrogens is 306 g/mol. The second kappa shape index (κ2) is 6.88. The molecule has 1 aromatic carbocycles. The molecule has 1 aliphatic rings. The summed E-state index contributed by atoms with van der Waals surface area (Å²) in [6.45, 7) is 6.55. The van der Waals surface area contributed by atoms with E-state index in [-0.39, 0.29) is 28.7 Å². The lowest BCUT2D eigenvalue weighted by Gasteiger charge is -2.21. The minimum Gasteiger partial charge on any atom is -0.361 e. The quantitative estimate of drug-likeness (QED) is 0.584. The van der Waals surface area contributed by atoms with Gasteiger partial charge in [-0.3, -0.25) is 20.2 Å². The minimum atomic E-state index is -0.826. The maximum atomic E-state index is 11.4. The summed E-state index contributed by atoms with van der Waals surface area (Å²) in [4.78, 5) is 23.3. The van der Waals surface area contributed by atoms with Gasteiger partial charge in [0.1, 0.15) is 0 Å². The Hall–Kier alpha value is -2.26. The summed E-state index contributed by atoms with van der Waals surface area (Å²) < 4.78 is 10.9. The smallest absolute Gasteiger partial charge is 0.300 e. The lowest BCUT2D eigenvalue weighted by Crippen LogP contribution is -2.24. The lowest BCUT2D eigenvalue weighted by molar-refractivity contribution is -0.392. The van der Waals surface area contributed by atoms with Crippen molar-refractivity contribution >= 4 is 17.1 Å². The molecule has 0 bridgehead atoms. The maximum absolute atomic E-state index is 11.4. The van der Waals surface area contributed by atoms with E-state index in [1.165, 1.54) is 12.1 Å². The summed E-state index contributed by atoms with van der Waals surface area (Å²) >= 11 is 0. The third kappa shape index (κ3) is 3.40. The van der Waals surface area contributed by atoms with Crippen LogP contribution in [0.2, 0.25) is 0 Å². The minimum absolute atomic E-state index is 0.0137. The summed E-state index contributed by atoms with van der Waals surface area (Å²) in [5.41, 5.74) is -0.335. The number of hydrogen-bond acceptors (Lipinski definition) is 7. The van der Waals surface area contributed by atoms with Crippen LogP contribution < -0.4 is 4.90 Å². The van der Waals surface area contributed by atoms with Gasteiger partial charge in [-0.25, -0.2) is 0 Å². The van der Waals surface area contributed by atoms with Gasteiger partial charge in [0.05, 0.1) is 22.6 Å². The molecule has 126 valence electrons. The van der Waals surface area contributed by atoms with Crippen molar-refractivity contribution < 1.29 is 19.3 Å². The number of nitro groups is 2. The molecule has 2 rings (SSSR count). The van der Waals surface area contributed by atoms with Crippen LogP contribution in [-0.4, -0.2) is 35.6 Å². The first-order valence-electron chi connectivity index (χ1n) is 7.37. The standard InChI is InChI=1S/C14H19N3O6/c1-4-15(5-2)13-11(16(18)19)6-10(7-12(13)17(20)21)14-22-8-9(3)23-14/h6-7,9,14H,4-5,8H2,1-3H3. The van der Waals surface area contributed by atoms with Crippen molar-refractivity contribution in [2.75, 3.05) is 24.6 Å². The van der Waals surface area contributed by atoms with E-state index in [0.29, 0.717) is 19.7 Å². The molecule has 0 aromatic heterocycles. The van der Waals surface area contributed by atoms with E-state index >= 15 is 0 Å². The Morgan fingerprint density at radius 2 is 1.70 bits per heavy atom. The first-order chi connectivity index (χ1) is 10.9. The van der Waals surface area contributed by atoms with Crippen LogP contribution in [0, 0.1) is 20.2 Å². The molecule has 9 heteroatoms. The molecule has 1 fully saturated rings. The van der Waals surface area contributed by atoms with Gasteiger partial charge in [-0.05, 0) is 20.8 Å². The Morgan fingerprint density at radius 3 is 2.04 bits per heavy atom. The first kappa shape index (κ1) is 17.1. The van der Waals surface area contributed by atoms with E-state index < -0.39 is 16.1 Å². The molecule has 0 radical (unpaired) electrons. The highest BCUT2D eigenvalue weighted by Gasteiger charge is 2.34. The normalized spacial score (nSPS) is 20.5. The molecule has 0 N–H and O–H groups in total. The zero-order chi connectivity index (χ0) is 17.1. The van der Waals surface area contributed by atoms with Crippen LogP contribution in [0.15, 0.2) is 12.1 Å². The van der Waals surface area contributed by atoms with Crippen molar-refractivity contribution in [3.05, 3.63) is 37.9 Å². The predicted molar refractivity (Wildman–Crippen MR) is 82.6 cm³/mol. The molecule has 2 unspecified atom stereocenters. The van der Waals surface area contributed by atoms with Gasteiger partial charge >= 0.3 is 0 Å². The van der Waals surface area contributed by atoms with E-state index in [0.717, 1.165) is 0 Å². The third-order valence-corrected chi connectivity index (χ3v) is 3.68. The number of nitrogens with zero attached hydrogens (tertiary/aromatic N) is 3. The van der Waals surface area contributed by atoms with E-state index in [1.54, 1.807) is 25.7 Å². The number of benzene rings is 1. The average Bonchev–Trinajstić information content (AvgIpc) is 2.94. The van der Waals surface area contributed by atoms with Crippen molar-refractivity contribution in [2.45, 2.75) is 33.2 Å². The van der Waals surface area contributed by atoms with Crippen LogP contribution in [0.4, 0.5) is 17.1 Å². The van der Waals surface area contributed by atoms with Crippen molar-refractivity contribution in [3.8, 4) is 0 Å². The highest BCUT2D eigenvalue weighted by molar-refractivity contribution is 5.76. The number of nitro benzene ring substituents is 2. The molecule has 0 aliphatic carbocycles. The first-order valence-corrected chi connectivity index (χ1v) is 7.37. The summed E-state index contributed by atoms with van der Waals surface area (Å²) in [7, 11) is 0. The summed E-state index contributed by atoms with van der Waals surface area (Å²) in [5.74, 6) is 0. The van der Waals surface area contributed by atoms with Crippen molar-refractivity contribution in [1.82, 2.24) is 0 Å². The Bertz CT molecular complexity index is 582. The van der Waals surface area contributed by atoms with Gasteiger partial charge in [0.15, 0.2) is 12.0 Å². The average molecular weight is 325 g/mol. The molecule has 1 aromatic rings.